The number of nitrogens with one attached hydrogen (secondary N) is 1. The summed E-state index contributed by atoms with van der Waals surface area (Å²) in [6.07, 6.45) is 4.88. The third-order valence-corrected chi connectivity index (χ3v) is 5.45. The summed E-state index contributed by atoms with van der Waals surface area (Å²) in [5.74, 6) is 0.422. The highest BCUT2D eigenvalue weighted by atomic mass is 79.9. The quantitative estimate of drug-likeness (QED) is 0.890. The predicted octanol–water partition coefficient (Wildman–Crippen LogP) is 3.79. The largest absolute Gasteiger partial charge is 0.316 e. The Balaban J connectivity index is 2.08. The molecule has 0 amide bonds. The lowest BCUT2D eigenvalue weighted by molar-refractivity contribution is -0.129. The fourth-order valence-corrected chi connectivity index (χ4v) is 4.28. The number of carbonyl (C=O) groups is 1. The van der Waals surface area contributed by atoms with Crippen LogP contribution < -0.4 is 5.32 Å². The van der Waals surface area contributed by atoms with Gasteiger partial charge in [0.15, 0.2) is 0 Å². The summed E-state index contributed by atoms with van der Waals surface area (Å²) in [4.78, 5) is 13.8. The molecule has 2 heterocycles. The van der Waals surface area contributed by atoms with Gasteiger partial charge in [0.25, 0.3) is 0 Å². The molecule has 0 aromatic carbocycles. The molecule has 1 aliphatic heterocycles. The highest BCUT2D eigenvalue weighted by Gasteiger charge is 2.38. The van der Waals surface area contributed by atoms with Crippen LogP contribution in [0.25, 0.3) is 0 Å². The minimum Gasteiger partial charge on any atom is -0.316 e. The second kappa shape index (κ2) is 6.31. The van der Waals surface area contributed by atoms with E-state index >= 15 is 0 Å². The van der Waals surface area contributed by atoms with Gasteiger partial charge in [0.2, 0.25) is 0 Å². The van der Waals surface area contributed by atoms with Crippen LogP contribution >= 0.6 is 27.3 Å². The Morgan fingerprint density at radius 1 is 1.61 bits per heavy atom. The van der Waals surface area contributed by atoms with E-state index in [2.05, 4.69) is 34.2 Å². The maximum absolute atomic E-state index is 12.6. The van der Waals surface area contributed by atoms with Gasteiger partial charge >= 0.3 is 0 Å². The molecule has 0 bridgehead atoms. The zero-order valence-corrected chi connectivity index (χ0v) is 13.2. The van der Waals surface area contributed by atoms with Gasteiger partial charge in [0.05, 0.1) is 0 Å². The molecule has 2 nitrogen and oxygen atoms in total. The summed E-state index contributed by atoms with van der Waals surface area (Å²) in [6.45, 7) is 4.10. The fourth-order valence-electron chi connectivity index (χ4n) is 2.83. The van der Waals surface area contributed by atoms with E-state index in [0.717, 1.165) is 43.2 Å². The normalized spacial score (nSPS) is 24.1. The van der Waals surface area contributed by atoms with Crippen LogP contribution in [0.3, 0.4) is 0 Å². The Morgan fingerprint density at radius 3 is 3.00 bits per heavy atom. The summed E-state index contributed by atoms with van der Waals surface area (Å²) in [5.41, 5.74) is -0.108. The van der Waals surface area contributed by atoms with E-state index in [4.69, 9.17) is 0 Å². The lowest BCUT2D eigenvalue weighted by Crippen LogP contribution is -2.46. The molecule has 100 valence electrons. The smallest absolute Gasteiger partial charge is 0.145 e. The van der Waals surface area contributed by atoms with E-state index in [0.29, 0.717) is 12.2 Å². The van der Waals surface area contributed by atoms with Crippen LogP contribution in [0.4, 0.5) is 0 Å². The molecular formula is C14H20BrNOS. The SMILES string of the molecule is CCCC1(C(=O)Cc2cc(Br)cs2)CCCNC1. The Morgan fingerprint density at radius 2 is 2.44 bits per heavy atom. The molecule has 1 aliphatic rings. The van der Waals surface area contributed by atoms with Crippen LogP contribution in [0.5, 0.6) is 0 Å². The minimum atomic E-state index is -0.108. The van der Waals surface area contributed by atoms with Gasteiger partial charge in [-0.25, -0.2) is 0 Å². The van der Waals surface area contributed by atoms with E-state index in [1.165, 1.54) is 4.88 Å². The summed E-state index contributed by atoms with van der Waals surface area (Å²) in [5, 5.41) is 5.46. The van der Waals surface area contributed by atoms with E-state index in [9.17, 15) is 4.79 Å². The number of hydrogen-bond donors (Lipinski definition) is 1. The molecule has 4 heteroatoms. The molecular weight excluding hydrogens is 310 g/mol. The summed E-state index contributed by atoms with van der Waals surface area (Å²) in [6, 6.07) is 2.07. The van der Waals surface area contributed by atoms with Crippen molar-refractivity contribution in [3.63, 3.8) is 0 Å². The highest BCUT2D eigenvalue weighted by molar-refractivity contribution is 9.10. The maximum Gasteiger partial charge on any atom is 0.145 e. The number of halogens is 1. The van der Waals surface area contributed by atoms with Gasteiger partial charge in [0, 0.05) is 33.1 Å². The van der Waals surface area contributed by atoms with Crippen molar-refractivity contribution in [2.24, 2.45) is 5.41 Å². The minimum absolute atomic E-state index is 0.108. The van der Waals surface area contributed by atoms with Gasteiger partial charge < -0.3 is 5.32 Å². The van der Waals surface area contributed by atoms with Gasteiger partial charge in [-0.1, -0.05) is 13.3 Å². The summed E-state index contributed by atoms with van der Waals surface area (Å²) < 4.78 is 1.08. The van der Waals surface area contributed by atoms with Crippen LogP contribution in [0.2, 0.25) is 0 Å². The monoisotopic (exact) mass is 329 g/mol. The van der Waals surface area contributed by atoms with Gasteiger partial charge in [-0.15, -0.1) is 11.3 Å². The number of rotatable bonds is 5. The van der Waals surface area contributed by atoms with E-state index < -0.39 is 0 Å². The number of Topliss-reactive ketones (excluding diaryl/α,β-unsaturated/α-hetero) is 1. The van der Waals surface area contributed by atoms with Gasteiger partial charge in [-0.2, -0.15) is 0 Å². The van der Waals surface area contributed by atoms with Crippen LogP contribution in [0.15, 0.2) is 15.9 Å². The van der Waals surface area contributed by atoms with Crippen molar-refractivity contribution in [2.45, 2.75) is 39.0 Å². The van der Waals surface area contributed by atoms with E-state index in [-0.39, 0.29) is 5.41 Å². The summed E-state index contributed by atoms with van der Waals surface area (Å²) >= 11 is 5.12. The van der Waals surface area contributed by atoms with Crippen molar-refractivity contribution in [1.82, 2.24) is 5.32 Å². The first-order valence-corrected chi connectivity index (χ1v) is 8.30. The standard InChI is InChI=1S/C14H20BrNOS/c1-2-4-14(5-3-6-16-10-14)13(17)8-12-7-11(15)9-18-12/h7,9,16H,2-6,8,10H2,1H3. The Labute approximate surface area is 121 Å². The zero-order valence-electron chi connectivity index (χ0n) is 10.8. The molecule has 0 radical (unpaired) electrons. The van der Waals surface area contributed by atoms with Gasteiger partial charge in [0.1, 0.15) is 5.78 Å². The number of carbonyl (C=O) groups excluding carboxylic acids is 1. The number of hydrogen-bond acceptors (Lipinski definition) is 3. The average Bonchev–Trinajstić information content (AvgIpc) is 2.76. The first-order chi connectivity index (χ1) is 8.66. The number of thiophene rings is 1. The molecule has 1 N–H and O–H groups in total. The third-order valence-electron chi connectivity index (χ3n) is 3.75. The molecule has 1 aromatic rings. The lowest BCUT2D eigenvalue weighted by atomic mass is 9.72. The van der Waals surface area contributed by atoms with E-state index in [1.807, 2.05) is 5.38 Å². The number of ketones is 1. The van der Waals surface area contributed by atoms with E-state index in [1.54, 1.807) is 11.3 Å². The molecule has 1 aromatic heterocycles. The van der Waals surface area contributed by atoms with Crippen LogP contribution in [0, 0.1) is 5.41 Å². The highest BCUT2D eigenvalue weighted by Crippen LogP contribution is 2.34. The number of piperidine rings is 1. The second-order valence-electron chi connectivity index (χ2n) is 5.14. The van der Waals surface area contributed by atoms with Crippen LogP contribution in [-0.2, 0) is 11.2 Å². The molecule has 1 atom stereocenters. The lowest BCUT2D eigenvalue weighted by Gasteiger charge is -2.36. The molecule has 0 aliphatic carbocycles. The third kappa shape index (κ3) is 3.22. The Hall–Kier alpha value is -0.190. The molecule has 1 saturated heterocycles. The van der Waals surface area contributed by atoms with Crippen LogP contribution in [0.1, 0.15) is 37.5 Å². The van der Waals surface area contributed by atoms with Crippen molar-refractivity contribution < 1.29 is 4.79 Å². The van der Waals surface area contributed by atoms with Crippen molar-refractivity contribution in [2.75, 3.05) is 13.1 Å². The Bertz CT molecular complexity index is 404. The molecule has 1 unspecified atom stereocenters. The second-order valence-corrected chi connectivity index (χ2v) is 7.05. The maximum atomic E-state index is 12.6. The van der Waals surface area contributed by atoms with Crippen molar-refractivity contribution in [3.8, 4) is 0 Å². The fraction of sp³-hybridized carbons (Fsp3) is 0.643. The predicted molar refractivity (Wildman–Crippen MR) is 80.2 cm³/mol. The Kier molecular flexibility index (Phi) is 4.98. The molecule has 1 fully saturated rings. The van der Waals surface area contributed by atoms with Gasteiger partial charge in [-0.05, 0) is 47.8 Å². The topological polar surface area (TPSA) is 29.1 Å². The van der Waals surface area contributed by atoms with Crippen LogP contribution in [-0.4, -0.2) is 18.9 Å². The molecule has 0 spiro atoms. The summed E-state index contributed by atoms with van der Waals surface area (Å²) in [7, 11) is 0. The van der Waals surface area contributed by atoms with Crippen molar-refractivity contribution in [3.05, 3.63) is 20.8 Å². The first kappa shape index (κ1) is 14.2. The van der Waals surface area contributed by atoms with Crippen molar-refractivity contribution >= 4 is 33.0 Å². The van der Waals surface area contributed by atoms with Crippen molar-refractivity contribution in [1.29, 1.82) is 0 Å². The van der Waals surface area contributed by atoms with Gasteiger partial charge in [-0.3, -0.25) is 4.79 Å². The molecule has 0 saturated carbocycles. The zero-order chi connectivity index (χ0) is 13.0. The first-order valence-electron chi connectivity index (χ1n) is 6.63. The molecule has 18 heavy (non-hydrogen) atoms. The molecule has 2 rings (SSSR count). The average molecular weight is 330 g/mol.